The Balaban J connectivity index is 1.86. The van der Waals surface area contributed by atoms with Crippen molar-refractivity contribution < 1.29 is 0 Å². The zero-order chi connectivity index (χ0) is 5.72. The average molecular weight is 110 g/mol. The Morgan fingerprint density at radius 2 is 1.12 bits per heavy atom. The highest BCUT2D eigenvalue weighted by Crippen LogP contribution is 2.57. The minimum atomic E-state index is 1.09. The van der Waals surface area contributed by atoms with Gasteiger partial charge in [-0.3, -0.25) is 0 Å². The number of hydrogen-bond acceptors (Lipinski definition) is 0. The Labute approximate surface area is 51.3 Å². The van der Waals surface area contributed by atoms with Gasteiger partial charge in [-0.15, -0.1) is 0 Å². The molecule has 8 heavy (non-hydrogen) atoms. The Morgan fingerprint density at radius 1 is 0.875 bits per heavy atom. The van der Waals surface area contributed by atoms with E-state index in [2.05, 4.69) is 13.8 Å². The molecule has 0 saturated heterocycles. The molecule has 2 saturated carbocycles. The lowest BCUT2D eigenvalue weighted by Crippen LogP contribution is -1.81. The summed E-state index contributed by atoms with van der Waals surface area (Å²) in [7, 11) is 0. The van der Waals surface area contributed by atoms with Crippen molar-refractivity contribution in [2.75, 3.05) is 0 Å². The molecule has 2 rings (SSSR count). The monoisotopic (exact) mass is 110 g/mol. The molecule has 2 aliphatic rings. The van der Waals surface area contributed by atoms with Crippen LogP contribution in [0.1, 0.15) is 26.7 Å². The van der Waals surface area contributed by atoms with Crippen LogP contribution in [0.3, 0.4) is 0 Å². The quantitative estimate of drug-likeness (QED) is 0.486. The third-order valence-electron chi connectivity index (χ3n) is 2.89. The van der Waals surface area contributed by atoms with Crippen molar-refractivity contribution in [2.24, 2.45) is 23.7 Å². The zero-order valence-corrected chi connectivity index (χ0v) is 5.72. The van der Waals surface area contributed by atoms with Gasteiger partial charge >= 0.3 is 0 Å². The summed E-state index contributed by atoms with van der Waals surface area (Å²) >= 11 is 0. The van der Waals surface area contributed by atoms with Gasteiger partial charge in [0.1, 0.15) is 0 Å². The van der Waals surface area contributed by atoms with Gasteiger partial charge in [0, 0.05) is 0 Å². The lowest BCUT2D eigenvalue weighted by Gasteiger charge is -1.87. The summed E-state index contributed by atoms with van der Waals surface area (Å²) in [5.41, 5.74) is 0. The van der Waals surface area contributed by atoms with Gasteiger partial charge in [-0.05, 0) is 36.5 Å². The van der Waals surface area contributed by atoms with Crippen LogP contribution in [0.15, 0.2) is 0 Å². The highest BCUT2D eigenvalue weighted by atomic mass is 14.5. The largest absolute Gasteiger partial charge is 0.0622 e. The molecule has 46 valence electrons. The van der Waals surface area contributed by atoms with Crippen LogP contribution in [0.2, 0.25) is 0 Å². The van der Waals surface area contributed by atoms with E-state index in [1.807, 2.05) is 0 Å². The van der Waals surface area contributed by atoms with E-state index in [0.717, 1.165) is 23.7 Å². The van der Waals surface area contributed by atoms with E-state index >= 15 is 0 Å². The van der Waals surface area contributed by atoms with Crippen LogP contribution in [0.5, 0.6) is 0 Å². The second kappa shape index (κ2) is 1.29. The van der Waals surface area contributed by atoms with Crippen LogP contribution in [0, 0.1) is 23.7 Å². The van der Waals surface area contributed by atoms with Gasteiger partial charge < -0.3 is 0 Å². The second-order valence-electron chi connectivity index (χ2n) is 3.75. The molecule has 0 aromatic heterocycles. The summed E-state index contributed by atoms with van der Waals surface area (Å²) in [5.74, 6) is 4.49. The summed E-state index contributed by atoms with van der Waals surface area (Å²) < 4.78 is 0. The smallest absolute Gasteiger partial charge is 0.0355 e. The minimum Gasteiger partial charge on any atom is -0.0622 e. The van der Waals surface area contributed by atoms with Crippen LogP contribution < -0.4 is 0 Å². The Kier molecular flexibility index (Phi) is 0.778. The van der Waals surface area contributed by atoms with Gasteiger partial charge in [0.05, 0.1) is 0 Å². The molecule has 2 fully saturated rings. The first kappa shape index (κ1) is 4.84. The van der Waals surface area contributed by atoms with Gasteiger partial charge in [0.25, 0.3) is 0 Å². The van der Waals surface area contributed by atoms with Gasteiger partial charge in [-0.1, -0.05) is 13.8 Å². The summed E-state index contributed by atoms with van der Waals surface area (Å²) in [5, 5.41) is 0. The fraction of sp³-hybridized carbons (Fsp3) is 1.00. The van der Waals surface area contributed by atoms with E-state index in [1.54, 1.807) is 0 Å². The van der Waals surface area contributed by atoms with Gasteiger partial charge in [0.15, 0.2) is 0 Å². The van der Waals surface area contributed by atoms with Crippen molar-refractivity contribution in [3.8, 4) is 0 Å². The molecule has 0 radical (unpaired) electrons. The predicted octanol–water partition coefficient (Wildman–Crippen LogP) is 2.30. The van der Waals surface area contributed by atoms with Crippen LogP contribution in [0.4, 0.5) is 0 Å². The molecule has 0 N–H and O–H groups in total. The summed E-state index contributed by atoms with van der Waals surface area (Å²) in [6.45, 7) is 4.77. The average Bonchev–Trinajstić information content (AvgIpc) is 2.47. The lowest BCUT2D eigenvalue weighted by molar-refractivity contribution is 0.614. The van der Waals surface area contributed by atoms with Crippen molar-refractivity contribution in [3.05, 3.63) is 0 Å². The molecule has 0 nitrogen and oxygen atoms in total. The van der Waals surface area contributed by atoms with Crippen molar-refractivity contribution >= 4 is 0 Å². The molecule has 0 heterocycles. The molecule has 4 atom stereocenters. The molecule has 2 aliphatic carbocycles. The number of rotatable bonds is 1. The summed E-state index contributed by atoms with van der Waals surface area (Å²) in [6.07, 6.45) is 3.07. The molecular weight excluding hydrogens is 96.1 g/mol. The third-order valence-corrected chi connectivity index (χ3v) is 2.89. The Bertz CT molecular complexity index is 92.6. The topological polar surface area (TPSA) is 0 Å². The van der Waals surface area contributed by atoms with Crippen molar-refractivity contribution in [2.45, 2.75) is 26.7 Å². The summed E-state index contributed by atoms with van der Waals surface area (Å²) in [4.78, 5) is 0. The molecule has 0 aliphatic heterocycles. The minimum absolute atomic E-state index is 1.09. The molecule has 0 heteroatoms. The first-order valence-corrected chi connectivity index (χ1v) is 3.79. The van der Waals surface area contributed by atoms with Crippen LogP contribution in [-0.4, -0.2) is 0 Å². The SMILES string of the molecule is C[C@@H]1CC1[C@H]1C[C@H]1C. The lowest BCUT2D eigenvalue weighted by atomic mass is 10.2. The molecule has 1 unspecified atom stereocenters. The van der Waals surface area contributed by atoms with E-state index in [9.17, 15) is 0 Å². The first-order valence-electron chi connectivity index (χ1n) is 3.79. The predicted molar refractivity (Wildman–Crippen MR) is 34.5 cm³/mol. The zero-order valence-electron chi connectivity index (χ0n) is 5.72. The molecule has 0 aromatic carbocycles. The second-order valence-corrected chi connectivity index (χ2v) is 3.75. The maximum Gasteiger partial charge on any atom is -0.0355 e. The Morgan fingerprint density at radius 3 is 1.25 bits per heavy atom. The molecule has 0 amide bonds. The van der Waals surface area contributed by atoms with Crippen molar-refractivity contribution in [3.63, 3.8) is 0 Å². The fourth-order valence-corrected chi connectivity index (χ4v) is 1.90. The third kappa shape index (κ3) is 0.586. The highest BCUT2D eigenvalue weighted by molar-refractivity contribution is 4.98. The molecular formula is C8H14. The van der Waals surface area contributed by atoms with Crippen molar-refractivity contribution in [1.29, 1.82) is 0 Å². The van der Waals surface area contributed by atoms with Crippen molar-refractivity contribution in [1.82, 2.24) is 0 Å². The van der Waals surface area contributed by atoms with E-state index in [4.69, 9.17) is 0 Å². The summed E-state index contributed by atoms with van der Waals surface area (Å²) in [6, 6.07) is 0. The van der Waals surface area contributed by atoms with Crippen LogP contribution >= 0.6 is 0 Å². The van der Waals surface area contributed by atoms with Gasteiger partial charge in [0.2, 0.25) is 0 Å². The number of hydrogen-bond donors (Lipinski definition) is 0. The maximum absolute atomic E-state index is 2.38. The van der Waals surface area contributed by atoms with Gasteiger partial charge in [-0.25, -0.2) is 0 Å². The van der Waals surface area contributed by atoms with E-state index in [-0.39, 0.29) is 0 Å². The van der Waals surface area contributed by atoms with Crippen LogP contribution in [-0.2, 0) is 0 Å². The van der Waals surface area contributed by atoms with E-state index in [0.29, 0.717) is 0 Å². The maximum atomic E-state index is 2.38. The standard InChI is InChI=1S/C8H14/c1-5-3-7(5)8-4-6(8)2/h5-8H,3-4H2,1-2H3/t5-,6-,7+,8?/m1/s1. The molecule has 0 bridgehead atoms. The molecule has 0 aromatic rings. The van der Waals surface area contributed by atoms with Gasteiger partial charge in [-0.2, -0.15) is 0 Å². The molecule has 0 spiro atoms. The Hall–Kier alpha value is 0. The first-order chi connectivity index (χ1) is 3.79. The fourth-order valence-electron chi connectivity index (χ4n) is 1.90. The highest BCUT2D eigenvalue weighted by Gasteiger charge is 2.49. The van der Waals surface area contributed by atoms with Crippen LogP contribution in [0.25, 0.3) is 0 Å². The normalized spacial score (nSPS) is 60.8. The van der Waals surface area contributed by atoms with E-state index in [1.165, 1.54) is 12.8 Å². The van der Waals surface area contributed by atoms with E-state index < -0.39 is 0 Å².